The molecule has 0 amide bonds. The summed E-state index contributed by atoms with van der Waals surface area (Å²) in [5, 5.41) is 9.86. The maximum atomic E-state index is 13.0. The van der Waals surface area contributed by atoms with Crippen molar-refractivity contribution >= 4 is 15.9 Å². The lowest BCUT2D eigenvalue weighted by Gasteiger charge is -2.46. The van der Waals surface area contributed by atoms with Crippen molar-refractivity contribution in [2.24, 2.45) is 23.2 Å². The van der Waals surface area contributed by atoms with E-state index in [1.54, 1.807) is 5.57 Å². The van der Waals surface area contributed by atoms with Crippen molar-refractivity contribution in [1.29, 1.82) is 0 Å². The Balaban J connectivity index is 1.60. The number of nitrogens with zero attached hydrogens (tertiary/aromatic N) is 1. The van der Waals surface area contributed by atoms with Gasteiger partial charge in [0.15, 0.2) is 5.60 Å². The van der Waals surface area contributed by atoms with E-state index in [1.165, 1.54) is 32.1 Å². The van der Waals surface area contributed by atoms with Crippen LogP contribution in [-0.2, 0) is 0 Å². The van der Waals surface area contributed by atoms with Crippen LogP contribution in [0.25, 0.3) is 0 Å². The van der Waals surface area contributed by atoms with Crippen LogP contribution < -0.4 is 0 Å². The third-order valence-electron chi connectivity index (χ3n) is 7.62. The molecule has 1 saturated heterocycles. The van der Waals surface area contributed by atoms with Gasteiger partial charge in [0, 0.05) is 19.6 Å². The zero-order chi connectivity index (χ0) is 19.2. The van der Waals surface area contributed by atoms with Crippen LogP contribution in [0.3, 0.4) is 0 Å². The number of piperidine rings is 1. The van der Waals surface area contributed by atoms with E-state index in [-0.39, 0.29) is 12.8 Å². The molecule has 3 aliphatic rings. The highest BCUT2D eigenvalue weighted by Crippen LogP contribution is 2.59. The van der Waals surface area contributed by atoms with Gasteiger partial charge in [-0.25, -0.2) is 0 Å². The summed E-state index contributed by atoms with van der Waals surface area (Å²) < 4.78 is 39.0. The van der Waals surface area contributed by atoms with Crippen LogP contribution in [0.2, 0.25) is 0 Å². The van der Waals surface area contributed by atoms with Gasteiger partial charge in [-0.3, -0.25) is 0 Å². The minimum Gasteiger partial charge on any atom is -0.380 e. The summed E-state index contributed by atoms with van der Waals surface area (Å²) in [4.78, 5) is 4.26. The van der Waals surface area contributed by atoms with E-state index >= 15 is 0 Å². The molecule has 4 atom stereocenters. The normalized spacial score (nSPS) is 38.3. The van der Waals surface area contributed by atoms with Gasteiger partial charge in [-0.05, 0) is 73.1 Å². The highest BCUT2D eigenvalue weighted by Gasteiger charge is 2.55. The first-order chi connectivity index (χ1) is 12.1. The van der Waals surface area contributed by atoms with Gasteiger partial charge < -0.3 is 10.0 Å². The number of likely N-dealkylation sites (tertiary alicyclic amines) is 1. The topological polar surface area (TPSA) is 23.5 Å². The molecule has 0 aromatic carbocycles. The zero-order valence-corrected chi connectivity index (χ0v) is 17.4. The lowest BCUT2D eigenvalue weighted by molar-refractivity contribution is -0.272. The third-order valence-corrected chi connectivity index (χ3v) is 8.21. The summed E-state index contributed by atoms with van der Waals surface area (Å²) >= 11 is 3.55. The van der Waals surface area contributed by atoms with Crippen molar-refractivity contribution in [2.75, 3.05) is 19.6 Å². The predicted molar refractivity (Wildman–Crippen MR) is 101 cm³/mol. The molecule has 0 radical (unpaired) electrons. The molecule has 0 spiro atoms. The lowest BCUT2D eigenvalue weighted by atomic mass is 9.61. The fourth-order valence-electron chi connectivity index (χ4n) is 6.07. The Labute approximate surface area is 163 Å². The maximum Gasteiger partial charge on any atom is 0.417 e. The van der Waals surface area contributed by atoms with Crippen molar-refractivity contribution in [2.45, 2.75) is 70.6 Å². The van der Waals surface area contributed by atoms with Crippen molar-refractivity contribution in [3.8, 4) is 0 Å². The van der Waals surface area contributed by atoms with E-state index < -0.39 is 11.8 Å². The number of aliphatic hydroxyl groups is 1. The van der Waals surface area contributed by atoms with E-state index in [4.69, 9.17) is 0 Å². The Bertz CT molecular complexity index is 542. The van der Waals surface area contributed by atoms with E-state index in [0.29, 0.717) is 36.3 Å². The Morgan fingerprint density at radius 2 is 1.92 bits per heavy atom. The maximum absolute atomic E-state index is 13.0. The van der Waals surface area contributed by atoms with Gasteiger partial charge in [-0.15, -0.1) is 0 Å². The molecule has 2 nitrogen and oxygen atoms in total. The Morgan fingerprint density at radius 3 is 2.50 bits per heavy atom. The van der Waals surface area contributed by atoms with Crippen molar-refractivity contribution in [3.05, 3.63) is 10.6 Å². The third kappa shape index (κ3) is 3.62. The summed E-state index contributed by atoms with van der Waals surface area (Å²) in [6.45, 7) is 6.21. The van der Waals surface area contributed by atoms with E-state index in [0.717, 1.165) is 6.54 Å². The van der Waals surface area contributed by atoms with Gasteiger partial charge in [-0.2, -0.15) is 13.2 Å². The van der Waals surface area contributed by atoms with Crippen LogP contribution >= 0.6 is 15.9 Å². The van der Waals surface area contributed by atoms with Gasteiger partial charge in [0.05, 0.1) is 0 Å². The number of halogens is 4. The van der Waals surface area contributed by atoms with E-state index in [1.807, 2.05) is 0 Å². The summed E-state index contributed by atoms with van der Waals surface area (Å²) in [5.41, 5.74) is -0.628. The summed E-state index contributed by atoms with van der Waals surface area (Å²) in [5.74, 6) is 1.75. The smallest absolute Gasteiger partial charge is 0.380 e. The number of fused-ring (bicyclic) bond motifs is 1. The number of hydrogen-bond donors (Lipinski definition) is 1. The first kappa shape index (κ1) is 20.7. The first-order valence-corrected chi connectivity index (χ1v) is 10.8. The molecule has 0 aromatic rings. The average molecular weight is 438 g/mol. The highest BCUT2D eigenvalue weighted by atomic mass is 79.9. The molecular formula is C20H31BrF3NO. The lowest BCUT2D eigenvalue weighted by Crippen LogP contribution is -2.54. The molecule has 2 aliphatic carbocycles. The van der Waals surface area contributed by atoms with Gasteiger partial charge >= 0.3 is 6.18 Å². The zero-order valence-electron chi connectivity index (χ0n) is 15.8. The fourth-order valence-corrected chi connectivity index (χ4v) is 6.62. The molecule has 0 bridgehead atoms. The number of alkyl halides is 3. The van der Waals surface area contributed by atoms with Crippen LogP contribution in [0.1, 0.15) is 58.8 Å². The Hall–Kier alpha value is -0.0700. The average Bonchev–Trinajstić information content (AvgIpc) is 2.93. The molecule has 1 N–H and O–H groups in total. The molecule has 0 aromatic heterocycles. The van der Waals surface area contributed by atoms with Crippen molar-refractivity contribution < 1.29 is 18.3 Å². The monoisotopic (exact) mass is 437 g/mol. The largest absolute Gasteiger partial charge is 0.417 e. The molecule has 26 heavy (non-hydrogen) atoms. The molecule has 150 valence electrons. The fraction of sp³-hybridized carbons (Fsp3) is 0.900. The number of rotatable bonds is 3. The van der Waals surface area contributed by atoms with Crippen LogP contribution in [0.5, 0.6) is 0 Å². The van der Waals surface area contributed by atoms with E-state index in [9.17, 15) is 18.3 Å². The van der Waals surface area contributed by atoms with Gasteiger partial charge in [0.1, 0.15) is 0 Å². The van der Waals surface area contributed by atoms with Crippen molar-refractivity contribution in [1.82, 2.24) is 4.90 Å². The van der Waals surface area contributed by atoms with Crippen molar-refractivity contribution in [3.63, 3.8) is 0 Å². The van der Waals surface area contributed by atoms with Crippen LogP contribution in [0.15, 0.2) is 10.6 Å². The predicted octanol–water partition coefficient (Wildman–Crippen LogP) is 5.51. The summed E-state index contributed by atoms with van der Waals surface area (Å²) in [6.07, 6.45) is 1.20. The molecule has 2 saturated carbocycles. The van der Waals surface area contributed by atoms with Crippen LogP contribution in [-0.4, -0.2) is 41.4 Å². The molecular weight excluding hydrogens is 407 g/mol. The summed E-state index contributed by atoms with van der Waals surface area (Å²) in [6, 6.07) is 0. The molecule has 1 heterocycles. The minimum absolute atomic E-state index is 0.204. The summed E-state index contributed by atoms with van der Waals surface area (Å²) in [7, 11) is 0. The second-order valence-electron chi connectivity index (χ2n) is 9.09. The SMILES string of the molecule is C[C@@H](CN1CCC(O)(C(F)(F)F)CC1)[C@H]1CC[C@@H]2/C(=C/Br)CCC[C@@]21C. The van der Waals surface area contributed by atoms with Gasteiger partial charge in [0.25, 0.3) is 0 Å². The Kier molecular flexibility index (Phi) is 5.88. The minimum atomic E-state index is -4.52. The molecule has 3 fully saturated rings. The molecule has 1 aliphatic heterocycles. The van der Waals surface area contributed by atoms with Crippen LogP contribution in [0, 0.1) is 23.2 Å². The second kappa shape index (κ2) is 7.40. The first-order valence-electron chi connectivity index (χ1n) is 9.91. The Morgan fingerprint density at radius 1 is 1.27 bits per heavy atom. The van der Waals surface area contributed by atoms with Gasteiger partial charge in [0.2, 0.25) is 0 Å². The number of hydrogen-bond acceptors (Lipinski definition) is 2. The molecule has 0 unspecified atom stereocenters. The van der Waals surface area contributed by atoms with E-state index in [2.05, 4.69) is 39.7 Å². The van der Waals surface area contributed by atoms with Crippen LogP contribution in [0.4, 0.5) is 13.2 Å². The molecule has 6 heteroatoms. The van der Waals surface area contributed by atoms with Gasteiger partial charge in [-0.1, -0.05) is 35.4 Å². The highest BCUT2D eigenvalue weighted by molar-refractivity contribution is 9.11. The molecule has 3 rings (SSSR count). The second-order valence-corrected chi connectivity index (χ2v) is 9.54. The standard InChI is InChI=1S/C20H31BrF3NO/c1-14(13-25-10-8-19(26,9-11-25)20(22,23)24)16-5-6-17-15(12-21)4-3-7-18(16,17)2/h12,14,16-17,26H,3-11,13H2,1-2H3/b15-12+/t14-,16+,17+,18+/m0/s1. The number of allylic oxidation sites excluding steroid dienone is 1. The quantitative estimate of drug-likeness (QED) is 0.629.